The maximum Gasteiger partial charge on any atom is 0.293 e. The van der Waals surface area contributed by atoms with Crippen LogP contribution in [0.3, 0.4) is 0 Å². The topological polar surface area (TPSA) is 43.4 Å². The normalized spacial score (nSPS) is 36.3. The molecule has 112 valence electrons. The van der Waals surface area contributed by atoms with Gasteiger partial charge in [0.25, 0.3) is 6.47 Å². The van der Waals surface area contributed by atoms with E-state index < -0.39 is 17.7 Å². The van der Waals surface area contributed by atoms with Gasteiger partial charge >= 0.3 is 0 Å². The Hall–Kier alpha value is -1.71. The zero-order valence-electron chi connectivity index (χ0n) is 12.0. The second kappa shape index (κ2) is 5.24. The molecule has 1 aromatic carbocycles. The van der Waals surface area contributed by atoms with Crippen LogP contribution in [0.25, 0.3) is 0 Å². The van der Waals surface area contributed by atoms with Gasteiger partial charge in [0.05, 0.1) is 5.92 Å². The Labute approximate surface area is 123 Å². The lowest BCUT2D eigenvalue weighted by Gasteiger charge is -2.26. The van der Waals surface area contributed by atoms with Crippen LogP contribution in [0.4, 0.5) is 4.39 Å². The summed E-state index contributed by atoms with van der Waals surface area (Å²) in [6.07, 6.45) is -0.00517. The van der Waals surface area contributed by atoms with Crippen molar-refractivity contribution in [3.8, 4) is 0 Å². The van der Waals surface area contributed by atoms with Crippen LogP contribution in [0.15, 0.2) is 30.3 Å². The summed E-state index contributed by atoms with van der Waals surface area (Å²) >= 11 is 0. The highest BCUT2D eigenvalue weighted by atomic mass is 19.1. The summed E-state index contributed by atoms with van der Waals surface area (Å²) in [4.78, 5) is 23.5. The van der Waals surface area contributed by atoms with E-state index in [-0.39, 0.29) is 17.6 Å². The predicted molar refractivity (Wildman–Crippen MR) is 75.5 cm³/mol. The second-order valence-electron chi connectivity index (χ2n) is 6.22. The summed E-state index contributed by atoms with van der Waals surface area (Å²) in [6.45, 7) is 2.36. The summed E-state index contributed by atoms with van der Waals surface area (Å²) in [7, 11) is 0. The van der Waals surface area contributed by atoms with E-state index in [1.807, 2.05) is 37.3 Å². The predicted octanol–water partition coefficient (Wildman–Crippen LogP) is 3.04. The first-order valence-electron chi connectivity index (χ1n) is 7.43. The number of Topliss-reactive ketones (excluding diaryl/α,β-unsaturated/α-hetero) is 1. The van der Waals surface area contributed by atoms with Crippen molar-refractivity contribution in [2.24, 2.45) is 11.8 Å². The standard InChI is InChI=1S/C17H19FO3/c1-11(12-5-3-2-4-6-12)13-9-17(21-10-19)8-7-14(18)15(17)16(13)20/h2-6,10-11,13-15H,7-9H2,1H3/t11-,13?,14+,15-,17-/m0/s1. The van der Waals surface area contributed by atoms with Crippen LogP contribution in [0.2, 0.25) is 0 Å². The molecule has 3 rings (SSSR count). The average molecular weight is 290 g/mol. The van der Waals surface area contributed by atoms with Gasteiger partial charge in [0.15, 0.2) is 0 Å². The maximum absolute atomic E-state index is 14.1. The molecule has 0 bridgehead atoms. The van der Waals surface area contributed by atoms with E-state index in [1.165, 1.54) is 0 Å². The molecule has 0 amide bonds. The fraction of sp³-hybridized carbons (Fsp3) is 0.529. The first-order chi connectivity index (χ1) is 10.1. The fourth-order valence-electron chi connectivity index (χ4n) is 4.09. The van der Waals surface area contributed by atoms with Gasteiger partial charge in [-0.25, -0.2) is 4.39 Å². The van der Waals surface area contributed by atoms with Crippen LogP contribution in [0.1, 0.15) is 37.7 Å². The van der Waals surface area contributed by atoms with Gasteiger partial charge in [-0.2, -0.15) is 0 Å². The van der Waals surface area contributed by atoms with Crippen molar-refractivity contribution >= 4 is 12.3 Å². The third kappa shape index (κ3) is 2.17. The van der Waals surface area contributed by atoms with E-state index in [9.17, 15) is 14.0 Å². The van der Waals surface area contributed by atoms with E-state index >= 15 is 0 Å². The Kier molecular flexibility index (Phi) is 3.56. The van der Waals surface area contributed by atoms with Gasteiger partial charge in [0.2, 0.25) is 0 Å². The Morgan fingerprint density at radius 2 is 2.10 bits per heavy atom. The van der Waals surface area contributed by atoms with E-state index in [0.717, 1.165) is 5.56 Å². The molecule has 3 nitrogen and oxygen atoms in total. The van der Waals surface area contributed by atoms with Crippen molar-refractivity contribution in [1.82, 2.24) is 0 Å². The van der Waals surface area contributed by atoms with Gasteiger partial charge in [0.1, 0.15) is 17.6 Å². The van der Waals surface area contributed by atoms with Crippen LogP contribution in [-0.2, 0) is 14.3 Å². The molecule has 0 saturated heterocycles. The molecular weight excluding hydrogens is 271 g/mol. The fourth-order valence-corrected chi connectivity index (χ4v) is 4.09. The number of rotatable bonds is 4. The zero-order valence-corrected chi connectivity index (χ0v) is 12.0. The van der Waals surface area contributed by atoms with Crippen LogP contribution in [0, 0.1) is 11.8 Å². The van der Waals surface area contributed by atoms with E-state index in [0.29, 0.717) is 25.7 Å². The Morgan fingerprint density at radius 1 is 1.38 bits per heavy atom. The number of hydrogen-bond donors (Lipinski definition) is 0. The average Bonchev–Trinajstić information content (AvgIpc) is 2.96. The number of hydrogen-bond acceptors (Lipinski definition) is 3. The van der Waals surface area contributed by atoms with Gasteiger partial charge in [-0.05, 0) is 30.7 Å². The highest BCUT2D eigenvalue weighted by Crippen LogP contribution is 2.54. The van der Waals surface area contributed by atoms with Gasteiger partial charge < -0.3 is 4.74 Å². The van der Waals surface area contributed by atoms with Crippen molar-refractivity contribution in [3.63, 3.8) is 0 Å². The number of alkyl halides is 1. The van der Waals surface area contributed by atoms with Gasteiger partial charge in [0, 0.05) is 5.92 Å². The van der Waals surface area contributed by atoms with Crippen molar-refractivity contribution < 1.29 is 18.7 Å². The molecule has 0 aliphatic heterocycles. The summed E-state index contributed by atoms with van der Waals surface area (Å²) in [5, 5.41) is 0. The number of benzene rings is 1. The minimum absolute atomic E-state index is 0.00336. The van der Waals surface area contributed by atoms with Crippen molar-refractivity contribution in [2.45, 2.75) is 43.9 Å². The number of ketones is 1. The summed E-state index contributed by atoms with van der Waals surface area (Å²) < 4.78 is 19.3. The number of carbonyl (C=O) groups excluding carboxylic acids is 2. The third-order valence-electron chi connectivity index (χ3n) is 5.22. The highest BCUT2D eigenvalue weighted by molar-refractivity contribution is 5.89. The molecular formula is C17H19FO3. The molecule has 2 saturated carbocycles. The minimum atomic E-state index is -1.19. The number of fused-ring (bicyclic) bond motifs is 1. The second-order valence-corrected chi connectivity index (χ2v) is 6.22. The molecule has 2 aliphatic carbocycles. The molecule has 0 N–H and O–H groups in total. The molecule has 2 aliphatic rings. The summed E-state index contributed by atoms with van der Waals surface area (Å²) in [5.74, 6) is -1.14. The summed E-state index contributed by atoms with van der Waals surface area (Å²) in [5.41, 5.74) is 0.152. The SMILES string of the molecule is C[C@@H](c1ccccc1)C1C[C@@]2(OC=O)CC[C@@H](F)[C@H]2C1=O. The molecule has 5 atom stereocenters. The molecule has 0 spiro atoms. The maximum atomic E-state index is 14.1. The van der Waals surface area contributed by atoms with Crippen molar-refractivity contribution in [2.75, 3.05) is 0 Å². The van der Waals surface area contributed by atoms with Crippen LogP contribution in [0.5, 0.6) is 0 Å². The Bertz CT molecular complexity index is 544. The van der Waals surface area contributed by atoms with Crippen molar-refractivity contribution in [1.29, 1.82) is 0 Å². The molecule has 2 fully saturated rings. The molecule has 1 unspecified atom stereocenters. The molecule has 21 heavy (non-hydrogen) atoms. The van der Waals surface area contributed by atoms with Crippen LogP contribution in [-0.4, -0.2) is 24.0 Å². The zero-order chi connectivity index (χ0) is 15.0. The lowest BCUT2D eigenvalue weighted by Crippen LogP contribution is -2.36. The van der Waals surface area contributed by atoms with Crippen LogP contribution < -0.4 is 0 Å². The largest absolute Gasteiger partial charge is 0.460 e. The molecule has 1 aromatic rings. The van der Waals surface area contributed by atoms with Crippen molar-refractivity contribution in [3.05, 3.63) is 35.9 Å². The smallest absolute Gasteiger partial charge is 0.293 e. The minimum Gasteiger partial charge on any atom is -0.460 e. The van der Waals surface area contributed by atoms with Gasteiger partial charge in [-0.3, -0.25) is 9.59 Å². The first-order valence-corrected chi connectivity index (χ1v) is 7.43. The Balaban J connectivity index is 1.89. The van der Waals surface area contributed by atoms with Gasteiger partial charge in [-0.15, -0.1) is 0 Å². The Morgan fingerprint density at radius 3 is 2.76 bits per heavy atom. The molecule has 0 radical (unpaired) electrons. The third-order valence-corrected chi connectivity index (χ3v) is 5.22. The van der Waals surface area contributed by atoms with Gasteiger partial charge in [-0.1, -0.05) is 37.3 Å². The number of carbonyl (C=O) groups is 2. The monoisotopic (exact) mass is 290 g/mol. The quantitative estimate of drug-likeness (QED) is 0.801. The summed E-state index contributed by atoms with van der Waals surface area (Å²) in [6, 6.07) is 9.75. The van der Waals surface area contributed by atoms with E-state index in [2.05, 4.69) is 0 Å². The number of ether oxygens (including phenoxy) is 1. The lowest BCUT2D eigenvalue weighted by atomic mass is 9.84. The molecule has 0 aromatic heterocycles. The lowest BCUT2D eigenvalue weighted by molar-refractivity contribution is -0.148. The van der Waals surface area contributed by atoms with E-state index in [4.69, 9.17) is 4.74 Å². The number of halogens is 1. The first kappa shape index (κ1) is 14.2. The molecule has 0 heterocycles. The van der Waals surface area contributed by atoms with Crippen LogP contribution >= 0.6 is 0 Å². The highest BCUT2D eigenvalue weighted by Gasteiger charge is 2.62. The van der Waals surface area contributed by atoms with E-state index in [1.54, 1.807) is 0 Å². The molecule has 4 heteroatoms.